The van der Waals surface area contributed by atoms with E-state index in [0.29, 0.717) is 26.2 Å². The van der Waals surface area contributed by atoms with Crippen LogP contribution in [0.15, 0.2) is 0 Å². The summed E-state index contributed by atoms with van der Waals surface area (Å²) in [7, 11) is -1.25. The Labute approximate surface area is 111 Å². The second kappa shape index (κ2) is 5.45. The smallest absolute Gasteiger partial charge is 0.281 e. The van der Waals surface area contributed by atoms with Gasteiger partial charge in [-0.15, -0.1) is 0 Å². The molecule has 106 valence electrons. The van der Waals surface area contributed by atoms with E-state index in [-0.39, 0.29) is 5.54 Å². The van der Waals surface area contributed by atoms with Crippen LogP contribution in [0.4, 0.5) is 0 Å². The molecule has 0 aromatic heterocycles. The molecule has 2 aliphatic rings. The van der Waals surface area contributed by atoms with Gasteiger partial charge in [-0.05, 0) is 39.7 Å². The molecule has 0 spiro atoms. The summed E-state index contributed by atoms with van der Waals surface area (Å²) in [6.07, 6.45) is 4.93. The lowest BCUT2D eigenvalue weighted by molar-refractivity contribution is 0.205. The Morgan fingerprint density at radius 1 is 0.944 bits per heavy atom. The van der Waals surface area contributed by atoms with Gasteiger partial charge in [0, 0.05) is 31.7 Å². The predicted octanol–water partition coefficient (Wildman–Crippen LogP) is 0.791. The van der Waals surface area contributed by atoms with Crippen molar-refractivity contribution in [2.45, 2.75) is 44.6 Å². The zero-order valence-electron chi connectivity index (χ0n) is 11.5. The van der Waals surface area contributed by atoms with E-state index in [9.17, 15) is 8.42 Å². The van der Waals surface area contributed by atoms with E-state index >= 15 is 0 Å². The van der Waals surface area contributed by atoms with E-state index in [1.807, 2.05) is 7.05 Å². The van der Waals surface area contributed by atoms with E-state index in [4.69, 9.17) is 0 Å². The number of rotatable bonds is 3. The third kappa shape index (κ3) is 2.87. The van der Waals surface area contributed by atoms with E-state index in [1.54, 1.807) is 8.61 Å². The Hall–Kier alpha value is -0.170. The number of nitrogens with zero attached hydrogens (tertiary/aromatic N) is 2. The van der Waals surface area contributed by atoms with Crippen LogP contribution in [0.1, 0.15) is 39.0 Å². The highest BCUT2D eigenvalue weighted by atomic mass is 32.2. The van der Waals surface area contributed by atoms with E-state index in [0.717, 1.165) is 32.1 Å². The zero-order chi connectivity index (χ0) is 13.2. The molecule has 0 atom stereocenters. The molecule has 2 rings (SSSR count). The first kappa shape index (κ1) is 14.2. The maximum Gasteiger partial charge on any atom is 0.281 e. The highest BCUT2D eigenvalue weighted by molar-refractivity contribution is 7.86. The van der Waals surface area contributed by atoms with E-state index < -0.39 is 10.2 Å². The van der Waals surface area contributed by atoms with Gasteiger partial charge in [0.1, 0.15) is 0 Å². The van der Waals surface area contributed by atoms with Gasteiger partial charge in [0.2, 0.25) is 0 Å². The molecule has 2 fully saturated rings. The molecular weight excluding hydrogens is 250 g/mol. The highest BCUT2D eigenvalue weighted by Gasteiger charge is 2.36. The van der Waals surface area contributed by atoms with Crippen LogP contribution in [-0.4, -0.2) is 55.8 Å². The molecule has 0 amide bonds. The van der Waals surface area contributed by atoms with Crippen LogP contribution in [0.25, 0.3) is 0 Å². The van der Waals surface area contributed by atoms with E-state index in [2.05, 4.69) is 12.2 Å². The largest absolute Gasteiger partial charge is 0.314 e. The van der Waals surface area contributed by atoms with Gasteiger partial charge in [-0.25, -0.2) is 0 Å². The van der Waals surface area contributed by atoms with Crippen molar-refractivity contribution in [1.82, 2.24) is 13.9 Å². The van der Waals surface area contributed by atoms with Gasteiger partial charge in [-0.3, -0.25) is 0 Å². The van der Waals surface area contributed by atoms with Crippen LogP contribution in [0.3, 0.4) is 0 Å². The fourth-order valence-corrected chi connectivity index (χ4v) is 4.41. The van der Waals surface area contributed by atoms with Crippen molar-refractivity contribution in [3.05, 3.63) is 0 Å². The molecule has 0 aliphatic carbocycles. The van der Waals surface area contributed by atoms with Gasteiger partial charge in [0.15, 0.2) is 0 Å². The summed E-state index contributed by atoms with van der Waals surface area (Å²) in [4.78, 5) is 0. The molecule has 2 saturated heterocycles. The van der Waals surface area contributed by atoms with Crippen molar-refractivity contribution in [3.63, 3.8) is 0 Å². The minimum atomic E-state index is -3.20. The molecule has 0 aromatic carbocycles. The van der Waals surface area contributed by atoms with Crippen molar-refractivity contribution in [3.8, 4) is 0 Å². The fourth-order valence-electron chi connectivity index (χ4n) is 2.72. The SMILES string of the molecule is CNC1(C)CCN(S(=O)(=O)N2CCCCC2)CC1. The summed E-state index contributed by atoms with van der Waals surface area (Å²) >= 11 is 0. The van der Waals surface area contributed by atoms with Crippen LogP contribution >= 0.6 is 0 Å². The van der Waals surface area contributed by atoms with Crippen LogP contribution in [0, 0.1) is 0 Å². The van der Waals surface area contributed by atoms with Gasteiger partial charge in [-0.2, -0.15) is 17.0 Å². The molecule has 0 radical (unpaired) electrons. The van der Waals surface area contributed by atoms with Crippen LogP contribution in [0.5, 0.6) is 0 Å². The Morgan fingerprint density at radius 2 is 1.44 bits per heavy atom. The third-order valence-corrected chi connectivity index (χ3v) is 6.43. The molecule has 2 heterocycles. The molecule has 6 heteroatoms. The molecule has 0 unspecified atom stereocenters. The number of piperidine rings is 2. The lowest BCUT2D eigenvalue weighted by Crippen LogP contribution is -2.54. The van der Waals surface area contributed by atoms with Crippen molar-refractivity contribution >= 4 is 10.2 Å². The third-order valence-electron chi connectivity index (χ3n) is 4.40. The van der Waals surface area contributed by atoms with Gasteiger partial charge in [0.25, 0.3) is 10.2 Å². The van der Waals surface area contributed by atoms with Gasteiger partial charge in [-0.1, -0.05) is 6.42 Å². The standard InChI is InChI=1S/C12H25N3O2S/c1-12(13-2)6-10-15(11-7-12)18(16,17)14-8-4-3-5-9-14/h13H,3-11H2,1-2H3. The first-order chi connectivity index (χ1) is 8.48. The van der Waals surface area contributed by atoms with Crippen molar-refractivity contribution < 1.29 is 8.42 Å². The lowest BCUT2D eigenvalue weighted by atomic mass is 9.91. The van der Waals surface area contributed by atoms with Crippen molar-refractivity contribution in [2.24, 2.45) is 0 Å². The summed E-state index contributed by atoms with van der Waals surface area (Å²) < 4.78 is 28.3. The Kier molecular flexibility index (Phi) is 4.31. The molecule has 5 nitrogen and oxygen atoms in total. The minimum Gasteiger partial charge on any atom is -0.314 e. The summed E-state index contributed by atoms with van der Waals surface area (Å²) in [6, 6.07) is 0. The number of nitrogens with one attached hydrogen (secondary N) is 1. The monoisotopic (exact) mass is 275 g/mol. The topological polar surface area (TPSA) is 52.7 Å². The second-order valence-corrected chi connectivity index (χ2v) is 7.61. The highest BCUT2D eigenvalue weighted by Crippen LogP contribution is 2.25. The first-order valence-corrected chi connectivity index (χ1v) is 8.32. The maximum atomic E-state index is 12.5. The quantitative estimate of drug-likeness (QED) is 0.828. The predicted molar refractivity (Wildman–Crippen MR) is 72.6 cm³/mol. The molecule has 0 bridgehead atoms. The Bertz CT molecular complexity index is 369. The van der Waals surface area contributed by atoms with Crippen LogP contribution < -0.4 is 5.32 Å². The van der Waals surface area contributed by atoms with Crippen LogP contribution in [-0.2, 0) is 10.2 Å². The molecule has 1 N–H and O–H groups in total. The second-order valence-electron chi connectivity index (χ2n) is 5.68. The number of hydrogen-bond donors (Lipinski definition) is 1. The Balaban J connectivity index is 1.99. The first-order valence-electron chi connectivity index (χ1n) is 6.92. The van der Waals surface area contributed by atoms with Gasteiger partial charge < -0.3 is 5.32 Å². The van der Waals surface area contributed by atoms with Gasteiger partial charge in [0.05, 0.1) is 0 Å². The average Bonchev–Trinajstić information content (AvgIpc) is 2.40. The van der Waals surface area contributed by atoms with Crippen molar-refractivity contribution in [2.75, 3.05) is 33.2 Å². The molecular formula is C12H25N3O2S. The molecule has 2 aliphatic heterocycles. The van der Waals surface area contributed by atoms with Crippen molar-refractivity contribution in [1.29, 1.82) is 0 Å². The van der Waals surface area contributed by atoms with Gasteiger partial charge >= 0.3 is 0 Å². The maximum absolute atomic E-state index is 12.5. The fraction of sp³-hybridized carbons (Fsp3) is 1.00. The normalized spacial score (nSPS) is 27.2. The summed E-state index contributed by atoms with van der Waals surface area (Å²) in [6.45, 7) is 4.83. The Morgan fingerprint density at radius 3 is 1.94 bits per heavy atom. The summed E-state index contributed by atoms with van der Waals surface area (Å²) in [5.74, 6) is 0. The number of hydrogen-bond acceptors (Lipinski definition) is 3. The lowest BCUT2D eigenvalue weighted by Gasteiger charge is -2.40. The summed E-state index contributed by atoms with van der Waals surface area (Å²) in [5, 5.41) is 3.30. The summed E-state index contributed by atoms with van der Waals surface area (Å²) in [5.41, 5.74) is 0.0912. The molecule has 0 aromatic rings. The average molecular weight is 275 g/mol. The molecule has 18 heavy (non-hydrogen) atoms. The van der Waals surface area contributed by atoms with E-state index in [1.165, 1.54) is 0 Å². The minimum absolute atomic E-state index is 0.0912. The van der Waals surface area contributed by atoms with Crippen LogP contribution in [0.2, 0.25) is 0 Å². The molecule has 0 saturated carbocycles. The zero-order valence-corrected chi connectivity index (χ0v) is 12.3.